The summed E-state index contributed by atoms with van der Waals surface area (Å²) >= 11 is 1.73. The van der Waals surface area contributed by atoms with E-state index in [4.69, 9.17) is 5.73 Å². The molecule has 0 radical (unpaired) electrons. The third kappa shape index (κ3) is 4.76. The molecule has 3 rings (SSSR count). The molecule has 3 N–H and O–H groups in total. The van der Waals surface area contributed by atoms with Gasteiger partial charge < -0.3 is 11.1 Å². The first-order valence-corrected chi connectivity index (χ1v) is 8.83. The van der Waals surface area contributed by atoms with Crippen LogP contribution in [0.2, 0.25) is 0 Å². The fourth-order valence-corrected chi connectivity index (χ4v) is 3.89. The van der Waals surface area contributed by atoms with E-state index in [-0.39, 0.29) is 30.3 Å². The van der Waals surface area contributed by atoms with Gasteiger partial charge in [0.2, 0.25) is 5.91 Å². The molecule has 128 valence electrons. The first-order valence-electron chi connectivity index (χ1n) is 8.02. The number of aryl methyl sites for hydroxylation is 1. The Hall–Kier alpha value is -1.49. The van der Waals surface area contributed by atoms with Gasteiger partial charge in [0.05, 0.1) is 0 Å². The monoisotopic (exact) mass is 362 g/mol. The highest BCUT2D eigenvalue weighted by Gasteiger charge is 2.27. The maximum atomic E-state index is 12.3. The fraction of sp³-hybridized carbons (Fsp3) is 0.316. The number of hydrogen-bond donors (Lipinski definition) is 2. The smallest absolute Gasteiger partial charge is 0.227 e. The second kappa shape index (κ2) is 8.56. The van der Waals surface area contributed by atoms with Crippen LogP contribution in [0, 0.1) is 12.8 Å². The van der Waals surface area contributed by atoms with Crippen molar-refractivity contribution in [2.24, 2.45) is 11.7 Å². The molecule has 1 amide bonds. The van der Waals surface area contributed by atoms with Crippen LogP contribution in [0.3, 0.4) is 0 Å². The number of halogens is 1. The van der Waals surface area contributed by atoms with Gasteiger partial charge in [-0.05, 0) is 62.1 Å². The highest BCUT2D eigenvalue weighted by atomic mass is 35.5. The number of carbonyl (C=O) groups excluding carboxylic acids is 1. The van der Waals surface area contributed by atoms with E-state index in [1.54, 1.807) is 11.8 Å². The molecule has 2 atom stereocenters. The average molecular weight is 363 g/mol. The lowest BCUT2D eigenvalue weighted by Gasteiger charge is -2.13. The minimum atomic E-state index is 0. The Morgan fingerprint density at radius 3 is 2.50 bits per heavy atom. The molecule has 1 aliphatic rings. The van der Waals surface area contributed by atoms with Crippen LogP contribution < -0.4 is 11.1 Å². The van der Waals surface area contributed by atoms with Crippen LogP contribution in [0.4, 0.5) is 5.69 Å². The van der Waals surface area contributed by atoms with Gasteiger partial charge >= 0.3 is 0 Å². The molecule has 5 heteroatoms. The van der Waals surface area contributed by atoms with E-state index in [1.165, 1.54) is 9.79 Å². The zero-order chi connectivity index (χ0) is 16.2. The van der Waals surface area contributed by atoms with E-state index in [2.05, 4.69) is 29.6 Å². The van der Waals surface area contributed by atoms with Gasteiger partial charge in [-0.15, -0.1) is 12.4 Å². The molecule has 2 unspecified atom stereocenters. The molecule has 2 aromatic carbocycles. The van der Waals surface area contributed by atoms with Crippen molar-refractivity contribution in [2.45, 2.75) is 42.0 Å². The van der Waals surface area contributed by atoms with Gasteiger partial charge in [0.25, 0.3) is 0 Å². The summed E-state index contributed by atoms with van der Waals surface area (Å²) in [6.07, 6.45) is 2.64. The van der Waals surface area contributed by atoms with E-state index in [9.17, 15) is 4.79 Å². The minimum absolute atomic E-state index is 0. The van der Waals surface area contributed by atoms with Gasteiger partial charge in [-0.25, -0.2) is 0 Å². The van der Waals surface area contributed by atoms with Gasteiger partial charge in [-0.1, -0.05) is 30.0 Å². The van der Waals surface area contributed by atoms with Gasteiger partial charge in [-0.3, -0.25) is 4.79 Å². The van der Waals surface area contributed by atoms with Crippen molar-refractivity contribution in [2.75, 3.05) is 5.32 Å². The van der Waals surface area contributed by atoms with Crippen molar-refractivity contribution in [1.29, 1.82) is 0 Å². The van der Waals surface area contributed by atoms with Crippen LogP contribution in [0.25, 0.3) is 0 Å². The predicted octanol–water partition coefficient (Wildman–Crippen LogP) is 4.63. The molecule has 1 saturated carbocycles. The molecule has 0 saturated heterocycles. The Morgan fingerprint density at radius 1 is 1.12 bits per heavy atom. The van der Waals surface area contributed by atoms with Crippen molar-refractivity contribution in [3.63, 3.8) is 0 Å². The number of nitrogens with one attached hydrogen (secondary N) is 1. The van der Waals surface area contributed by atoms with Crippen LogP contribution in [-0.2, 0) is 4.79 Å². The highest BCUT2D eigenvalue weighted by molar-refractivity contribution is 7.99. The van der Waals surface area contributed by atoms with Crippen molar-refractivity contribution >= 4 is 35.8 Å². The van der Waals surface area contributed by atoms with E-state index in [0.29, 0.717) is 0 Å². The van der Waals surface area contributed by atoms with Crippen LogP contribution in [0.1, 0.15) is 24.8 Å². The van der Waals surface area contributed by atoms with Gasteiger partial charge in [0, 0.05) is 27.4 Å². The van der Waals surface area contributed by atoms with Crippen molar-refractivity contribution in [3.05, 3.63) is 54.1 Å². The number of amides is 1. The summed E-state index contributed by atoms with van der Waals surface area (Å²) in [5.41, 5.74) is 7.88. The summed E-state index contributed by atoms with van der Waals surface area (Å²) in [6, 6.07) is 16.6. The molecule has 0 heterocycles. The summed E-state index contributed by atoms with van der Waals surface area (Å²) in [5.74, 6) is 0.160. The van der Waals surface area contributed by atoms with Crippen LogP contribution in [0.15, 0.2) is 58.3 Å². The Morgan fingerprint density at radius 2 is 1.88 bits per heavy atom. The largest absolute Gasteiger partial charge is 0.328 e. The van der Waals surface area contributed by atoms with E-state index < -0.39 is 0 Å². The fourth-order valence-electron chi connectivity index (χ4n) is 2.95. The molecular formula is C19H23ClN2OS. The number of carbonyl (C=O) groups is 1. The number of nitrogens with two attached hydrogens (primary N) is 1. The van der Waals surface area contributed by atoms with E-state index in [1.807, 2.05) is 31.2 Å². The summed E-state index contributed by atoms with van der Waals surface area (Å²) in [4.78, 5) is 14.7. The standard InChI is InChI=1S/C19H22N2OS.ClH/c1-13-11-17(23-16-5-3-2-4-6-16)9-10-18(13)21-19(22)14-7-8-15(20)12-14;/h2-6,9-11,14-15H,7-8,12,20H2,1H3,(H,21,22);1H. The summed E-state index contributed by atoms with van der Waals surface area (Å²) < 4.78 is 0. The minimum Gasteiger partial charge on any atom is -0.328 e. The Labute approximate surface area is 153 Å². The van der Waals surface area contributed by atoms with Crippen molar-refractivity contribution in [1.82, 2.24) is 0 Å². The van der Waals surface area contributed by atoms with Gasteiger partial charge in [0.1, 0.15) is 0 Å². The molecule has 24 heavy (non-hydrogen) atoms. The molecule has 1 fully saturated rings. The zero-order valence-electron chi connectivity index (χ0n) is 13.7. The van der Waals surface area contributed by atoms with E-state index in [0.717, 1.165) is 30.5 Å². The molecule has 2 aromatic rings. The van der Waals surface area contributed by atoms with E-state index >= 15 is 0 Å². The summed E-state index contributed by atoms with van der Waals surface area (Å²) in [6.45, 7) is 2.03. The third-order valence-electron chi connectivity index (χ3n) is 4.28. The van der Waals surface area contributed by atoms with Gasteiger partial charge in [0.15, 0.2) is 0 Å². The van der Waals surface area contributed by atoms with Crippen LogP contribution >= 0.6 is 24.2 Å². The first-order chi connectivity index (χ1) is 11.1. The SMILES string of the molecule is Cc1cc(Sc2ccccc2)ccc1NC(=O)C1CCC(N)C1.Cl. The number of rotatable bonds is 4. The molecule has 0 aromatic heterocycles. The lowest BCUT2D eigenvalue weighted by molar-refractivity contribution is -0.119. The zero-order valence-corrected chi connectivity index (χ0v) is 15.3. The lowest BCUT2D eigenvalue weighted by Crippen LogP contribution is -2.23. The van der Waals surface area contributed by atoms with Crippen LogP contribution in [-0.4, -0.2) is 11.9 Å². The molecule has 0 spiro atoms. The Bertz CT molecular complexity index is 693. The third-order valence-corrected chi connectivity index (χ3v) is 5.28. The molecule has 1 aliphatic carbocycles. The van der Waals surface area contributed by atoms with Gasteiger partial charge in [-0.2, -0.15) is 0 Å². The van der Waals surface area contributed by atoms with Crippen molar-refractivity contribution in [3.8, 4) is 0 Å². The summed E-state index contributed by atoms with van der Waals surface area (Å²) in [7, 11) is 0. The molecule has 3 nitrogen and oxygen atoms in total. The van der Waals surface area contributed by atoms with Crippen LogP contribution in [0.5, 0.6) is 0 Å². The predicted molar refractivity (Wildman–Crippen MR) is 103 cm³/mol. The highest BCUT2D eigenvalue weighted by Crippen LogP contribution is 2.31. The molecular weight excluding hydrogens is 340 g/mol. The topological polar surface area (TPSA) is 55.1 Å². The maximum absolute atomic E-state index is 12.3. The Balaban J connectivity index is 0.00000208. The summed E-state index contributed by atoms with van der Waals surface area (Å²) in [5, 5.41) is 3.06. The number of benzene rings is 2. The first kappa shape index (κ1) is 18.8. The van der Waals surface area contributed by atoms with Crippen molar-refractivity contribution < 1.29 is 4.79 Å². The number of hydrogen-bond acceptors (Lipinski definition) is 3. The normalized spacial score (nSPS) is 19.6. The lowest BCUT2D eigenvalue weighted by atomic mass is 10.1. The molecule has 0 aliphatic heterocycles. The Kier molecular flexibility index (Phi) is 6.72. The maximum Gasteiger partial charge on any atom is 0.227 e. The second-order valence-electron chi connectivity index (χ2n) is 6.15. The second-order valence-corrected chi connectivity index (χ2v) is 7.30. The average Bonchev–Trinajstić information content (AvgIpc) is 2.98. The molecule has 0 bridgehead atoms. The number of anilines is 1. The quantitative estimate of drug-likeness (QED) is 0.833.